The van der Waals surface area contributed by atoms with E-state index < -0.39 is 33.3 Å². The van der Waals surface area contributed by atoms with Crippen molar-refractivity contribution in [3.8, 4) is 11.1 Å². The summed E-state index contributed by atoms with van der Waals surface area (Å²) in [4.78, 5) is 12.3. The molecule has 0 fully saturated rings. The van der Waals surface area contributed by atoms with Crippen molar-refractivity contribution in [1.82, 2.24) is 0 Å². The summed E-state index contributed by atoms with van der Waals surface area (Å²) in [6.45, 7) is 0. The number of anilines is 1. The summed E-state index contributed by atoms with van der Waals surface area (Å²) in [5, 5.41) is 2.34. The van der Waals surface area contributed by atoms with Crippen molar-refractivity contribution in [2.75, 3.05) is 11.6 Å². The zero-order valence-electron chi connectivity index (χ0n) is 16.5. The summed E-state index contributed by atoms with van der Waals surface area (Å²) in [5.74, 6) is -1.46. The first-order valence-electron chi connectivity index (χ1n) is 9.10. The van der Waals surface area contributed by atoms with Crippen molar-refractivity contribution in [3.05, 3.63) is 82.6 Å². The number of benzene rings is 3. The average Bonchev–Trinajstić information content (AvgIpc) is 2.67. The van der Waals surface area contributed by atoms with Crippen LogP contribution in [0.5, 0.6) is 0 Å². The summed E-state index contributed by atoms with van der Waals surface area (Å²) < 4.78 is 77.6. The fourth-order valence-corrected chi connectivity index (χ4v) is 3.84. The molecule has 1 N–H and O–H groups in total. The van der Waals surface area contributed by atoms with E-state index in [1.165, 1.54) is 36.4 Å². The molecule has 168 valence electrons. The van der Waals surface area contributed by atoms with Crippen molar-refractivity contribution in [1.29, 1.82) is 0 Å². The van der Waals surface area contributed by atoms with E-state index in [1.54, 1.807) is 0 Å². The molecule has 1 amide bonds. The smallest absolute Gasteiger partial charge is 0.326 e. The molecular formula is C22H16ClF4NO3S. The highest BCUT2D eigenvalue weighted by atomic mass is 35.5. The highest BCUT2D eigenvalue weighted by Crippen LogP contribution is 2.39. The van der Waals surface area contributed by atoms with Crippen molar-refractivity contribution in [2.45, 2.75) is 17.5 Å². The number of hydrogen-bond acceptors (Lipinski definition) is 3. The van der Waals surface area contributed by atoms with Crippen molar-refractivity contribution in [2.24, 2.45) is 0 Å². The van der Waals surface area contributed by atoms with Gasteiger partial charge < -0.3 is 5.32 Å². The molecule has 0 bridgehead atoms. The molecule has 3 aromatic carbocycles. The first-order valence-corrected chi connectivity index (χ1v) is 11.4. The highest BCUT2D eigenvalue weighted by molar-refractivity contribution is 7.90. The predicted octanol–water partition coefficient (Wildman–Crippen LogP) is 5.75. The van der Waals surface area contributed by atoms with Crippen LogP contribution in [0.4, 0.5) is 23.2 Å². The van der Waals surface area contributed by atoms with Crippen LogP contribution in [-0.2, 0) is 27.2 Å². The zero-order valence-corrected chi connectivity index (χ0v) is 18.1. The van der Waals surface area contributed by atoms with Gasteiger partial charge >= 0.3 is 6.18 Å². The van der Waals surface area contributed by atoms with Gasteiger partial charge in [0.1, 0.15) is 5.82 Å². The third kappa shape index (κ3) is 5.66. The number of sulfone groups is 1. The summed E-state index contributed by atoms with van der Waals surface area (Å²) >= 11 is 5.66. The van der Waals surface area contributed by atoms with E-state index in [9.17, 15) is 30.8 Å². The second kappa shape index (κ2) is 8.91. The Bertz CT molecular complexity index is 1270. The second-order valence-corrected chi connectivity index (χ2v) is 9.48. The molecule has 0 aliphatic carbocycles. The van der Waals surface area contributed by atoms with E-state index in [-0.39, 0.29) is 33.2 Å². The summed E-state index contributed by atoms with van der Waals surface area (Å²) in [6, 6.07) is 12.1. The maximum absolute atomic E-state index is 14.6. The molecule has 0 saturated carbocycles. The first kappa shape index (κ1) is 23.7. The third-order valence-electron chi connectivity index (χ3n) is 4.55. The van der Waals surface area contributed by atoms with Crippen LogP contribution in [0, 0.1) is 5.82 Å². The van der Waals surface area contributed by atoms with Gasteiger partial charge in [0.05, 0.1) is 16.9 Å². The van der Waals surface area contributed by atoms with E-state index in [1.807, 2.05) is 0 Å². The van der Waals surface area contributed by atoms with Crippen LogP contribution in [0.1, 0.15) is 11.1 Å². The Morgan fingerprint density at radius 2 is 1.59 bits per heavy atom. The molecular weight excluding hydrogens is 470 g/mol. The lowest BCUT2D eigenvalue weighted by atomic mass is 9.98. The molecule has 0 atom stereocenters. The fourth-order valence-electron chi connectivity index (χ4n) is 3.04. The van der Waals surface area contributed by atoms with Gasteiger partial charge in [0.15, 0.2) is 9.84 Å². The summed E-state index contributed by atoms with van der Waals surface area (Å²) in [6.07, 6.45) is -3.77. The maximum Gasteiger partial charge on any atom is 0.417 e. The predicted molar refractivity (Wildman–Crippen MR) is 114 cm³/mol. The average molecular weight is 486 g/mol. The normalized spacial score (nSPS) is 11.9. The summed E-state index contributed by atoms with van der Waals surface area (Å²) in [7, 11) is -3.36. The van der Waals surface area contributed by atoms with Crippen LogP contribution in [0.2, 0.25) is 5.02 Å². The second-order valence-electron chi connectivity index (χ2n) is 7.02. The van der Waals surface area contributed by atoms with Crippen molar-refractivity contribution >= 4 is 33.0 Å². The van der Waals surface area contributed by atoms with Crippen molar-refractivity contribution < 1.29 is 30.8 Å². The standard InChI is InChI=1S/C22H16ClF4NO3S/c1-32(30,31)16-6-2-13(3-7-16)10-21(29)28-15-5-9-18(20(24)12-15)17-8-4-14(23)11-19(17)22(25,26)27/h2-9,11-12H,10H2,1H3,(H,28,29). The lowest BCUT2D eigenvalue weighted by Gasteiger charge is -2.15. The van der Waals surface area contributed by atoms with Gasteiger partial charge in [0, 0.05) is 22.5 Å². The molecule has 0 saturated heterocycles. The fraction of sp³-hybridized carbons (Fsp3) is 0.136. The number of rotatable bonds is 5. The Balaban J connectivity index is 1.78. The number of amides is 1. The third-order valence-corrected chi connectivity index (χ3v) is 5.91. The molecule has 0 aliphatic rings. The van der Waals surface area contributed by atoms with Crippen LogP contribution >= 0.6 is 11.6 Å². The van der Waals surface area contributed by atoms with E-state index >= 15 is 0 Å². The number of alkyl halides is 3. The Labute approximate surface area is 186 Å². The van der Waals surface area contributed by atoms with Gasteiger partial charge in [-0.3, -0.25) is 4.79 Å². The molecule has 0 radical (unpaired) electrons. The Kier molecular flexibility index (Phi) is 6.61. The minimum Gasteiger partial charge on any atom is -0.326 e. The minimum absolute atomic E-state index is 0.0616. The van der Waals surface area contributed by atoms with E-state index in [0.717, 1.165) is 30.5 Å². The minimum atomic E-state index is -4.73. The molecule has 0 unspecified atom stereocenters. The molecule has 0 aromatic heterocycles. The summed E-state index contributed by atoms with van der Waals surface area (Å²) in [5.41, 5.74) is -1.14. The van der Waals surface area contributed by atoms with E-state index in [2.05, 4.69) is 5.32 Å². The lowest BCUT2D eigenvalue weighted by molar-refractivity contribution is -0.137. The Morgan fingerprint density at radius 3 is 2.16 bits per heavy atom. The molecule has 4 nitrogen and oxygen atoms in total. The number of carbonyl (C=O) groups is 1. The van der Waals surface area contributed by atoms with Gasteiger partial charge in [-0.15, -0.1) is 0 Å². The SMILES string of the molecule is CS(=O)(=O)c1ccc(CC(=O)Nc2ccc(-c3ccc(Cl)cc3C(F)(F)F)c(F)c2)cc1. The molecule has 0 aliphatic heterocycles. The van der Waals surface area contributed by atoms with Gasteiger partial charge in [-0.1, -0.05) is 29.8 Å². The lowest BCUT2D eigenvalue weighted by Crippen LogP contribution is -2.14. The molecule has 10 heteroatoms. The molecule has 3 rings (SSSR count). The maximum atomic E-state index is 14.6. The highest BCUT2D eigenvalue weighted by Gasteiger charge is 2.34. The van der Waals surface area contributed by atoms with Crippen LogP contribution < -0.4 is 5.32 Å². The van der Waals surface area contributed by atoms with Crippen LogP contribution in [0.3, 0.4) is 0 Å². The van der Waals surface area contributed by atoms with Crippen LogP contribution in [-0.4, -0.2) is 20.6 Å². The molecule has 3 aromatic rings. The van der Waals surface area contributed by atoms with Crippen LogP contribution in [0.15, 0.2) is 65.6 Å². The zero-order chi connectivity index (χ0) is 23.7. The van der Waals surface area contributed by atoms with Gasteiger partial charge in [0.25, 0.3) is 0 Å². The number of hydrogen-bond donors (Lipinski definition) is 1. The van der Waals surface area contributed by atoms with Gasteiger partial charge in [-0.25, -0.2) is 12.8 Å². The number of halogens is 5. The number of nitrogens with one attached hydrogen (secondary N) is 1. The monoisotopic (exact) mass is 485 g/mol. The number of carbonyl (C=O) groups excluding carboxylic acids is 1. The first-order chi connectivity index (χ1) is 14.8. The van der Waals surface area contributed by atoms with Gasteiger partial charge in [-0.2, -0.15) is 13.2 Å². The Hall–Kier alpha value is -2.91. The molecule has 32 heavy (non-hydrogen) atoms. The van der Waals surface area contributed by atoms with Gasteiger partial charge in [-0.05, 0) is 53.6 Å². The molecule has 0 spiro atoms. The topological polar surface area (TPSA) is 63.2 Å². The van der Waals surface area contributed by atoms with E-state index in [4.69, 9.17) is 11.6 Å². The van der Waals surface area contributed by atoms with Crippen molar-refractivity contribution in [3.63, 3.8) is 0 Å². The Morgan fingerprint density at radius 1 is 0.969 bits per heavy atom. The largest absolute Gasteiger partial charge is 0.417 e. The molecule has 0 heterocycles. The van der Waals surface area contributed by atoms with Gasteiger partial charge in [0.2, 0.25) is 5.91 Å². The quantitative estimate of drug-likeness (QED) is 0.468. The van der Waals surface area contributed by atoms with Crippen LogP contribution in [0.25, 0.3) is 11.1 Å². The van der Waals surface area contributed by atoms with E-state index in [0.29, 0.717) is 5.56 Å².